The van der Waals surface area contributed by atoms with Gasteiger partial charge in [0.15, 0.2) is 0 Å². The molecule has 6 heteroatoms. The largest absolute Gasteiger partial charge is 0.355 e. The third-order valence-electron chi connectivity index (χ3n) is 5.66. The summed E-state index contributed by atoms with van der Waals surface area (Å²) >= 11 is 5.07. The van der Waals surface area contributed by atoms with Crippen LogP contribution in [0.4, 0.5) is 0 Å². The lowest BCUT2D eigenvalue weighted by Crippen LogP contribution is -2.51. The van der Waals surface area contributed by atoms with Gasteiger partial charge in [-0.05, 0) is 49.6 Å². The molecule has 1 atom stereocenters. The van der Waals surface area contributed by atoms with Crippen LogP contribution in [0.5, 0.6) is 0 Å². The summed E-state index contributed by atoms with van der Waals surface area (Å²) in [6, 6.07) is 23.7. The first-order valence-corrected chi connectivity index (χ1v) is 13.8. The van der Waals surface area contributed by atoms with Crippen molar-refractivity contribution < 1.29 is 9.59 Å². The summed E-state index contributed by atoms with van der Waals surface area (Å²) in [5.74, 6) is 0.912. The lowest BCUT2D eigenvalue weighted by molar-refractivity contribution is -0.139. The predicted molar refractivity (Wildman–Crippen MR) is 149 cm³/mol. The minimum Gasteiger partial charge on any atom is -0.355 e. The molecule has 35 heavy (non-hydrogen) atoms. The van der Waals surface area contributed by atoms with Crippen LogP contribution in [0.3, 0.4) is 0 Å². The Hall–Kier alpha value is -2.57. The summed E-state index contributed by atoms with van der Waals surface area (Å²) in [4.78, 5) is 28.5. The third-order valence-corrected chi connectivity index (χ3v) is 7.18. The molecule has 3 aromatic carbocycles. The van der Waals surface area contributed by atoms with E-state index in [9.17, 15) is 9.59 Å². The Balaban J connectivity index is 1.82. The molecule has 0 heterocycles. The van der Waals surface area contributed by atoms with Crippen molar-refractivity contribution in [3.63, 3.8) is 0 Å². The van der Waals surface area contributed by atoms with Gasteiger partial charge in [-0.3, -0.25) is 9.59 Å². The summed E-state index contributed by atoms with van der Waals surface area (Å²) in [6.07, 6.45) is 0.469. The molecule has 0 aliphatic rings. The maximum atomic E-state index is 13.6. The predicted octanol–water partition coefficient (Wildman–Crippen LogP) is 6.08. The van der Waals surface area contributed by atoms with Crippen LogP contribution in [0.25, 0.3) is 0 Å². The number of halogens is 1. The molecule has 3 rings (SSSR count). The van der Waals surface area contributed by atoms with Crippen LogP contribution in [0, 0.1) is 13.8 Å². The Morgan fingerprint density at radius 2 is 1.57 bits per heavy atom. The number of carbonyl (C=O) groups is 2. The van der Waals surface area contributed by atoms with Crippen molar-refractivity contribution >= 4 is 39.5 Å². The van der Waals surface area contributed by atoms with Crippen molar-refractivity contribution in [1.29, 1.82) is 0 Å². The summed E-state index contributed by atoms with van der Waals surface area (Å²) < 4.78 is 0.979. The SMILES string of the molecule is CCNC(=O)[C@H](Cc1ccccc1)N(Cc1ccc(Br)cc1)C(=O)CSCc1cc(C)cc(C)c1. The van der Waals surface area contributed by atoms with Crippen molar-refractivity contribution in [2.24, 2.45) is 0 Å². The lowest BCUT2D eigenvalue weighted by Gasteiger charge is -2.31. The van der Waals surface area contributed by atoms with E-state index >= 15 is 0 Å². The van der Waals surface area contributed by atoms with E-state index in [0.717, 1.165) is 21.4 Å². The van der Waals surface area contributed by atoms with Gasteiger partial charge >= 0.3 is 0 Å². The number of carbonyl (C=O) groups excluding carboxylic acids is 2. The maximum absolute atomic E-state index is 13.6. The second-order valence-electron chi connectivity index (χ2n) is 8.74. The van der Waals surface area contributed by atoms with Crippen molar-refractivity contribution in [3.8, 4) is 0 Å². The number of hydrogen-bond donors (Lipinski definition) is 1. The van der Waals surface area contributed by atoms with Crippen LogP contribution >= 0.6 is 27.7 Å². The molecule has 0 bridgehead atoms. The topological polar surface area (TPSA) is 49.4 Å². The highest BCUT2D eigenvalue weighted by Gasteiger charge is 2.30. The average molecular weight is 554 g/mol. The fraction of sp³-hybridized carbons (Fsp3) is 0.310. The molecule has 0 spiro atoms. The van der Waals surface area contributed by atoms with Crippen molar-refractivity contribution in [1.82, 2.24) is 10.2 Å². The molecule has 0 aromatic heterocycles. The van der Waals surface area contributed by atoms with Crippen molar-refractivity contribution in [2.45, 2.75) is 45.5 Å². The van der Waals surface area contributed by atoms with Crippen LogP contribution in [0.1, 0.15) is 34.7 Å². The van der Waals surface area contributed by atoms with E-state index in [2.05, 4.69) is 53.3 Å². The number of amides is 2. The summed E-state index contributed by atoms with van der Waals surface area (Å²) in [5.41, 5.74) is 5.68. The second kappa shape index (κ2) is 13.5. The van der Waals surface area contributed by atoms with Crippen LogP contribution in [0.15, 0.2) is 77.3 Å². The molecule has 1 N–H and O–H groups in total. The van der Waals surface area contributed by atoms with Gasteiger partial charge in [-0.15, -0.1) is 11.8 Å². The number of rotatable bonds is 11. The Morgan fingerprint density at radius 3 is 2.20 bits per heavy atom. The number of thioether (sulfide) groups is 1. The molecule has 184 valence electrons. The summed E-state index contributed by atoms with van der Waals surface area (Å²) in [7, 11) is 0. The van der Waals surface area contributed by atoms with Gasteiger partial charge in [0.2, 0.25) is 11.8 Å². The number of nitrogens with zero attached hydrogens (tertiary/aromatic N) is 1. The summed E-state index contributed by atoms with van der Waals surface area (Å²) in [5, 5.41) is 2.94. The quantitative estimate of drug-likeness (QED) is 0.313. The molecular formula is C29H33BrN2O2S. The third kappa shape index (κ3) is 8.55. The number of nitrogens with one attached hydrogen (secondary N) is 1. The smallest absolute Gasteiger partial charge is 0.243 e. The van der Waals surface area contributed by atoms with Gasteiger partial charge in [0.05, 0.1) is 5.75 Å². The monoisotopic (exact) mass is 552 g/mol. The van der Waals surface area contributed by atoms with Crippen LogP contribution in [0.2, 0.25) is 0 Å². The fourth-order valence-corrected chi connectivity index (χ4v) is 5.23. The zero-order valence-corrected chi connectivity index (χ0v) is 23.0. The van der Waals surface area contributed by atoms with Crippen LogP contribution < -0.4 is 5.32 Å². The first-order valence-electron chi connectivity index (χ1n) is 11.9. The number of aryl methyl sites for hydroxylation is 2. The zero-order chi connectivity index (χ0) is 25.2. The number of likely N-dealkylation sites (N-methyl/N-ethyl adjacent to an activating group) is 1. The van der Waals surface area contributed by atoms with E-state index in [1.165, 1.54) is 16.7 Å². The van der Waals surface area contributed by atoms with Crippen LogP contribution in [-0.4, -0.2) is 35.1 Å². The van der Waals surface area contributed by atoms with E-state index in [1.54, 1.807) is 16.7 Å². The molecule has 0 fully saturated rings. The fourth-order valence-electron chi connectivity index (χ4n) is 4.12. The van der Waals surface area contributed by atoms with Gasteiger partial charge in [-0.2, -0.15) is 0 Å². The van der Waals surface area contributed by atoms with Gasteiger partial charge in [0.1, 0.15) is 6.04 Å². The highest BCUT2D eigenvalue weighted by atomic mass is 79.9. The van der Waals surface area contributed by atoms with Crippen molar-refractivity contribution in [3.05, 3.63) is 105 Å². The van der Waals surface area contributed by atoms with Gasteiger partial charge in [0, 0.05) is 29.7 Å². The second-order valence-corrected chi connectivity index (χ2v) is 10.6. The zero-order valence-electron chi connectivity index (χ0n) is 20.6. The standard InChI is InChI=1S/C29H33BrN2O2S/c1-4-31-29(34)27(17-23-8-6-5-7-9-23)32(18-24-10-12-26(30)13-11-24)28(33)20-35-19-25-15-21(2)14-22(3)16-25/h5-16,27H,4,17-20H2,1-3H3,(H,31,34)/t27-/m0/s1. The van der Waals surface area contributed by atoms with E-state index < -0.39 is 6.04 Å². The maximum Gasteiger partial charge on any atom is 0.243 e. The number of hydrogen-bond acceptors (Lipinski definition) is 3. The molecule has 3 aromatic rings. The Kier molecular flexibility index (Phi) is 10.4. The molecular weight excluding hydrogens is 520 g/mol. The Labute approximate surface area is 221 Å². The number of benzene rings is 3. The highest BCUT2D eigenvalue weighted by molar-refractivity contribution is 9.10. The molecule has 0 aliphatic carbocycles. The Morgan fingerprint density at radius 1 is 0.914 bits per heavy atom. The average Bonchev–Trinajstić information content (AvgIpc) is 2.82. The minimum atomic E-state index is -0.588. The molecule has 0 saturated carbocycles. The normalized spacial score (nSPS) is 11.7. The lowest BCUT2D eigenvalue weighted by atomic mass is 10.0. The molecule has 0 radical (unpaired) electrons. The van der Waals surface area contributed by atoms with Crippen LogP contribution in [-0.2, 0) is 28.3 Å². The van der Waals surface area contributed by atoms with Crippen molar-refractivity contribution in [2.75, 3.05) is 12.3 Å². The van der Waals surface area contributed by atoms with E-state index in [1.807, 2.05) is 61.5 Å². The van der Waals surface area contributed by atoms with E-state index in [0.29, 0.717) is 25.3 Å². The van der Waals surface area contributed by atoms with E-state index in [4.69, 9.17) is 0 Å². The van der Waals surface area contributed by atoms with E-state index in [-0.39, 0.29) is 11.8 Å². The minimum absolute atomic E-state index is 0.0329. The molecule has 0 aliphatic heterocycles. The molecule has 2 amide bonds. The van der Waals surface area contributed by atoms with Gasteiger partial charge < -0.3 is 10.2 Å². The molecule has 4 nitrogen and oxygen atoms in total. The van der Waals surface area contributed by atoms with Gasteiger partial charge in [0.25, 0.3) is 0 Å². The molecule has 0 saturated heterocycles. The summed E-state index contributed by atoms with van der Waals surface area (Å²) in [6.45, 7) is 6.98. The van der Waals surface area contributed by atoms with Gasteiger partial charge in [-0.1, -0.05) is 87.7 Å². The first-order chi connectivity index (χ1) is 16.9. The Bertz CT molecular complexity index is 1100. The first kappa shape index (κ1) is 27.0. The molecule has 0 unspecified atom stereocenters. The van der Waals surface area contributed by atoms with Gasteiger partial charge in [-0.25, -0.2) is 0 Å². The highest BCUT2D eigenvalue weighted by Crippen LogP contribution is 2.20.